The number of fused-ring (bicyclic) bond motifs is 5. The summed E-state index contributed by atoms with van der Waals surface area (Å²) < 4.78 is 2.00. The van der Waals surface area contributed by atoms with Crippen molar-refractivity contribution >= 4 is 74.1 Å². The van der Waals surface area contributed by atoms with Crippen LogP contribution in [0.15, 0.2) is 65.8 Å². The predicted molar refractivity (Wildman–Crippen MR) is 129 cm³/mol. The summed E-state index contributed by atoms with van der Waals surface area (Å²) in [6.07, 6.45) is 0. The number of thioether (sulfide) groups is 1. The molecule has 0 aliphatic carbocycles. The van der Waals surface area contributed by atoms with Crippen molar-refractivity contribution in [2.45, 2.75) is 12.1 Å². The molecule has 5 rings (SSSR count). The fourth-order valence-electron chi connectivity index (χ4n) is 3.49. The van der Waals surface area contributed by atoms with E-state index in [1.165, 1.54) is 11.8 Å². The highest BCUT2D eigenvalue weighted by molar-refractivity contribution is 7.99. The molecule has 0 spiro atoms. The Balaban J connectivity index is 1.52. The predicted octanol–water partition coefficient (Wildman–Crippen LogP) is 6.38. The smallest absolute Gasteiger partial charge is 0.234 e. The first kappa shape index (κ1) is 20.1. The fourth-order valence-corrected chi connectivity index (χ4v) is 4.76. The van der Waals surface area contributed by atoms with Crippen LogP contribution < -0.4 is 5.32 Å². The summed E-state index contributed by atoms with van der Waals surface area (Å²) >= 11 is 13.9. The number of imidazole rings is 1. The molecule has 1 N–H and O–H groups in total. The van der Waals surface area contributed by atoms with Crippen LogP contribution in [0.5, 0.6) is 0 Å². The number of hydrogen-bond acceptors (Lipinski definition) is 4. The monoisotopic (exact) mass is 466 g/mol. The number of carbonyl (C=O) groups excluding carboxylic acids is 1. The van der Waals surface area contributed by atoms with Crippen molar-refractivity contribution in [3.05, 3.63) is 76.3 Å². The topological polar surface area (TPSA) is 59.3 Å². The summed E-state index contributed by atoms with van der Waals surface area (Å²) in [7, 11) is 0. The van der Waals surface area contributed by atoms with Crippen molar-refractivity contribution in [1.82, 2.24) is 14.4 Å². The van der Waals surface area contributed by atoms with Gasteiger partial charge in [0.2, 0.25) is 5.91 Å². The number of nitrogens with one attached hydrogen (secondary N) is 1. The summed E-state index contributed by atoms with van der Waals surface area (Å²) in [5.41, 5.74) is 4.75. The number of carbonyl (C=O) groups is 1. The van der Waals surface area contributed by atoms with E-state index in [0.29, 0.717) is 20.9 Å². The molecule has 154 valence electrons. The lowest BCUT2D eigenvalue weighted by Gasteiger charge is -2.12. The normalized spacial score (nSPS) is 11.5. The zero-order chi connectivity index (χ0) is 21.5. The Kier molecular flexibility index (Phi) is 5.22. The van der Waals surface area contributed by atoms with Crippen molar-refractivity contribution in [1.29, 1.82) is 0 Å². The summed E-state index contributed by atoms with van der Waals surface area (Å²) in [5.74, 6) is -0.0694. The zero-order valence-corrected chi connectivity index (χ0v) is 18.7. The fraction of sp³-hybridized carbons (Fsp3) is 0.0870. The van der Waals surface area contributed by atoms with E-state index in [2.05, 4.69) is 5.32 Å². The Morgan fingerprint density at radius 3 is 2.58 bits per heavy atom. The molecule has 0 unspecified atom stereocenters. The molecule has 0 radical (unpaired) electrons. The molecule has 0 aliphatic rings. The van der Waals surface area contributed by atoms with Gasteiger partial charge in [-0.25, -0.2) is 9.97 Å². The van der Waals surface area contributed by atoms with Crippen LogP contribution >= 0.6 is 35.0 Å². The Bertz CT molecular complexity index is 1480. The van der Waals surface area contributed by atoms with Gasteiger partial charge in [0, 0.05) is 5.39 Å². The van der Waals surface area contributed by atoms with Crippen molar-refractivity contribution in [2.75, 3.05) is 11.1 Å². The first-order valence-electron chi connectivity index (χ1n) is 9.56. The largest absolute Gasteiger partial charge is 0.323 e. The SMILES string of the molecule is Cc1ccc(Cl)c(NC(=O)CSc2nc3ccccc3c3nc4ccccc4n23)c1Cl. The van der Waals surface area contributed by atoms with Gasteiger partial charge in [-0.15, -0.1) is 0 Å². The van der Waals surface area contributed by atoms with Crippen LogP contribution in [0.4, 0.5) is 5.69 Å². The average molecular weight is 467 g/mol. The lowest BCUT2D eigenvalue weighted by molar-refractivity contribution is -0.113. The third kappa shape index (κ3) is 3.61. The van der Waals surface area contributed by atoms with Gasteiger partial charge in [0.1, 0.15) is 5.65 Å². The molecule has 31 heavy (non-hydrogen) atoms. The number of aromatic nitrogens is 3. The Labute approximate surface area is 192 Å². The van der Waals surface area contributed by atoms with E-state index in [4.69, 9.17) is 33.2 Å². The first-order valence-corrected chi connectivity index (χ1v) is 11.3. The molecular formula is C23H16Cl2N4OS. The van der Waals surface area contributed by atoms with E-state index >= 15 is 0 Å². The molecule has 5 nitrogen and oxygen atoms in total. The molecule has 5 aromatic rings. The Morgan fingerprint density at radius 2 is 1.74 bits per heavy atom. The summed E-state index contributed by atoms with van der Waals surface area (Å²) in [6, 6.07) is 19.3. The molecule has 0 saturated carbocycles. The zero-order valence-electron chi connectivity index (χ0n) is 16.4. The second kappa shape index (κ2) is 8.04. The Morgan fingerprint density at radius 1 is 1.00 bits per heavy atom. The van der Waals surface area contributed by atoms with Gasteiger partial charge < -0.3 is 5.32 Å². The number of aryl methyl sites for hydroxylation is 1. The molecule has 2 aromatic heterocycles. The van der Waals surface area contributed by atoms with Crippen molar-refractivity contribution in [3.63, 3.8) is 0 Å². The highest BCUT2D eigenvalue weighted by atomic mass is 35.5. The lowest BCUT2D eigenvalue weighted by atomic mass is 10.2. The number of amides is 1. The standard InChI is InChI=1S/C23H16Cl2N4OS/c1-13-10-11-15(24)21(20(13)25)28-19(30)12-31-23-27-16-7-3-2-6-14(16)22-26-17-8-4-5-9-18(17)29(22)23/h2-11H,12H2,1H3,(H,28,30). The van der Waals surface area contributed by atoms with Gasteiger partial charge in [-0.1, -0.05) is 65.3 Å². The Hall–Kier alpha value is -2.80. The van der Waals surface area contributed by atoms with Gasteiger partial charge in [-0.05, 0) is 42.8 Å². The van der Waals surface area contributed by atoms with E-state index in [1.54, 1.807) is 6.07 Å². The summed E-state index contributed by atoms with van der Waals surface area (Å²) in [6.45, 7) is 1.86. The minimum atomic E-state index is -0.216. The summed E-state index contributed by atoms with van der Waals surface area (Å²) in [5, 5.41) is 5.33. The van der Waals surface area contributed by atoms with Crippen molar-refractivity contribution < 1.29 is 4.79 Å². The minimum Gasteiger partial charge on any atom is -0.323 e. The van der Waals surface area contributed by atoms with E-state index in [0.717, 1.165) is 33.1 Å². The molecule has 2 heterocycles. The number of hydrogen-bond donors (Lipinski definition) is 1. The van der Waals surface area contributed by atoms with E-state index in [-0.39, 0.29) is 11.7 Å². The van der Waals surface area contributed by atoms with Gasteiger partial charge in [0.15, 0.2) is 5.16 Å². The van der Waals surface area contributed by atoms with Crippen LogP contribution in [0.2, 0.25) is 10.0 Å². The van der Waals surface area contributed by atoms with Crippen LogP contribution in [0.3, 0.4) is 0 Å². The molecule has 0 fully saturated rings. The van der Waals surface area contributed by atoms with Gasteiger partial charge in [-0.3, -0.25) is 9.20 Å². The van der Waals surface area contributed by atoms with Crippen molar-refractivity contribution in [3.8, 4) is 0 Å². The van der Waals surface area contributed by atoms with Crippen molar-refractivity contribution in [2.24, 2.45) is 0 Å². The van der Waals surface area contributed by atoms with Crippen LogP contribution in [-0.2, 0) is 4.79 Å². The molecular weight excluding hydrogens is 451 g/mol. The highest BCUT2D eigenvalue weighted by Gasteiger charge is 2.16. The first-order chi connectivity index (χ1) is 15.0. The third-order valence-corrected chi connectivity index (χ3v) is 6.73. The average Bonchev–Trinajstić information content (AvgIpc) is 3.18. The van der Waals surface area contributed by atoms with Gasteiger partial charge in [-0.2, -0.15) is 0 Å². The molecule has 0 atom stereocenters. The van der Waals surface area contributed by atoms with E-state index in [9.17, 15) is 4.79 Å². The van der Waals surface area contributed by atoms with Crippen LogP contribution in [0.1, 0.15) is 5.56 Å². The number of halogens is 2. The lowest BCUT2D eigenvalue weighted by Crippen LogP contribution is -2.15. The van der Waals surface area contributed by atoms with Crippen LogP contribution in [0, 0.1) is 6.92 Å². The maximum Gasteiger partial charge on any atom is 0.234 e. The molecule has 0 aliphatic heterocycles. The minimum absolute atomic E-state index is 0.146. The molecule has 3 aromatic carbocycles. The van der Waals surface area contributed by atoms with Gasteiger partial charge in [0.25, 0.3) is 0 Å². The number of nitrogens with zero attached hydrogens (tertiary/aromatic N) is 3. The van der Waals surface area contributed by atoms with Crippen LogP contribution in [-0.4, -0.2) is 26.0 Å². The highest BCUT2D eigenvalue weighted by Crippen LogP contribution is 2.33. The van der Waals surface area contributed by atoms with Crippen LogP contribution in [0.25, 0.3) is 27.6 Å². The van der Waals surface area contributed by atoms with E-state index < -0.39 is 0 Å². The van der Waals surface area contributed by atoms with Gasteiger partial charge >= 0.3 is 0 Å². The maximum atomic E-state index is 12.7. The number of rotatable bonds is 4. The van der Waals surface area contributed by atoms with Gasteiger partial charge in [0.05, 0.1) is 38.0 Å². The number of anilines is 1. The second-order valence-corrected chi connectivity index (χ2v) is 8.79. The summed E-state index contributed by atoms with van der Waals surface area (Å²) in [4.78, 5) is 22.3. The molecule has 8 heteroatoms. The van der Waals surface area contributed by atoms with E-state index in [1.807, 2.05) is 65.9 Å². The molecule has 1 amide bonds. The quantitative estimate of drug-likeness (QED) is 0.246. The second-order valence-electron chi connectivity index (χ2n) is 7.06. The molecule has 0 bridgehead atoms. The number of para-hydroxylation sites is 3. The number of benzene rings is 3. The maximum absolute atomic E-state index is 12.7. The third-order valence-electron chi connectivity index (χ3n) is 4.99. The molecule has 0 saturated heterocycles.